The highest BCUT2D eigenvalue weighted by Gasteiger charge is 2.51. The maximum Gasteiger partial charge on any atom is 0.307 e. The molecule has 1 fully saturated rings. The molecular weight excluding hydrogens is 278 g/mol. The number of carbonyl (C=O) groups is 2. The number of aliphatic carboxylic acids is 1. The second-order valence-electron chi connectivity index (χ2n) is 5.33. The Morgan fingerprint density at radius 1 is 1.10 bits per heavy atom. The minimum Gasteiger partial charge on any atom is -0.481 e. The second kappa shape index (κ2) is 4.94. The molecular formula is C15H14ClNO3. The summed E-state index contributed by atoms with van der Waals surface area (Å²) in [5.41, 5.74) is 0.635. The SMILES string of the molecule is O=C(O)[C@@H]1[C@@H](C(=O)Nc2ccc(Cl)cc2)[C@H]2C=C[C@H]1C2. The van der Waals surface area contributed by atoms with Gasteiger partial charge in [-0.2, -0.15) is 0 Å². The highest BCUT2D eigenvalue weighted by Crippen LogP contribution is 2.48. The van der Waals surface area contributed by atoms with Crippen LogP contribution < -0.4 is 5.32 Å². The summed E-state index contributed by atoms with van der Waals surface area (Å²) >= 11 is 5.79. The smallest absolute Gasteiger partial charge is 0.307 e. The maximum atomic E-state index is 12.4. The van der Waals surface area contributed by atoms with Crippen molar-refractivity contribution in [2.24, 2.45) is 23.7 Å². The number of amides is 1. The lowest BCUT2D eigenvalue weighted by Gasteiger charge is -2.23. The van der Waals surface area contributed by atoms with Crippen molar-refractivity contribution in [3.63, 3.8) is 0 Å². The van der Waals surface area contributed by atoms with Crippen LogP contribution in [0.25, 0.3) is 0 Å². The highest BCUT2D eigenvalue weighted by molar-refractivity contribution is 6.30. The number of allylic oxidation sites excluding steroid dienone is 2. The largest absolute Gasteiger partial charge is 0.481 e. The van der Waals surface area contributed by atoms with Gasteiger partial charge in [0, 0.05) is 10.7 Å². The van der Waals surface area contributed by atoms with E-state index in [0.717, 1.165) is 6.42 Å². The first-order valence-corrected chi connectivity index (χ1v) is 6.91. The second-order valence-corrected chi connectivity index (χ2v) is 5.77. The molecule has 1 aromatic rings. The van der Waals surface area contributed by atoms with Gasteiger partial charge in [-0.15, -0.1) is 0 Å². The number of halogens is 1. The summed E-state index contributed by atoms with van der Waals surface area (Å²) in [5, 5.41) is 12.7. The van der Waals surface area contributed by atoms with E-state index in [-0.39, 0.29) is 17.7 Å². The number of nitrogens with one attached hydrogen (secondary N) is 1. The molecule has 4 nitrogen and oxygen atoms in total. The zero-order chi connectivity index (χ0) is 14.3. The van der Waals surface area contributed by atoms with Gasteiger partial charge in [0.2, 0.25) is 5.91 Å². The minimum absolute atomic E-state index is 0.0153. The van der Waals surface area contributed by atoms with Gasteiger partial charge in [-0.3, -0.25) is 9.59 Å². The summed E-state index contributed by atoms with van der Waals surface area (Å²) in [6.45, 7) is 0. The van der Waals surface area contributed by atoms with E-state index in [0.29, 0.717) is 10.7 Å². The number of rotatable bonds is 3. The van der Waals surface area contributed by atoms with Gasteiger partial charge >= 0.3 is 5.97 Å². The van der Waals surface area contributed by atoms with Crippen LogP contribution >= 0.6 is 11.6 Å². The summed E-state index contributed by atoms with van der Waals surface area (Å²) in [6, 6.07) is 6.79. The Morgan fingerprint density at radius 3 is 2.30 bits per heavy atom. The number of hydrogen-bond acceptors (Lipinski definition) is 2. The Hall–Kier alpha value is -1.81. The first-order valence-electron chi connectivity index (χ1n) is 6.54. The molecule has 1 aromatic carbocycles. The van der Waals surface area contributed by atoms with E-state index in [4.69, 9.17) is 11.6 Å². The van der Waals surface area contributed by atoms with Crippen molar-refractivity contribution in [3.8, 4) is 0 Å². The van der Waals surface area contributed by atoms with Crippen LogP contribution in [0, 0.1) is 23.7 Å². The van der Waals surface area contributed by atoms with Crippen molar-refractivity contribution >= 4 is 29.2 Å². The van der Waals surface area contributed by atoms with Crippen molar-refractivity contribution in [1.82, 2.24) is 0 Å². The summed E-state index contributed by atoms with van der Waals surface area (Å²) in [7, 11) is 0. The number of anilines is 1. The normalized spacial score (nSPS) is 30.4. The Kier molecular flexibility index (Phi) is 3.26. The maximum absolute atomic E-state index is 12.4. The molecule has 2 bridgehead atoms. The molecule has 5 heteroatoms. The first kappa shape index (κ1) is 13.2. The number of benzene rings is 1. The molecule has 0 spiro atoms. The van der Waals surface area contributed by atoms with E-state index in [1.807, 2.05) is 12.2 Å². The first-order chi connectivity index (χ1) is 9.56. The van der Waals surface area contributed by atoms with E-state index in [9.17, 15) is 14.7 Å². The lowest BCUT2D eigenvalue weighted by atomic mass is 9.82. The molecule has 0 saturated heterocycles. The standard InChI is InChI=1S/C15H14ClNO3/c16-10-3-5-11(6-4-10)17-14(18)12-8-1-2-9(7-8)13(12)15(19)20/h1-6,8-9,12-13H,7H2,(H,17,18)(H,19,20)/t8-,9-,12-,13-/m0/s1. The highest BCUT2D eigenvalue weighted by atomic mass is 35.5. The summed E-state index contributed by atoms with van der Waals surface area (Å²) in [6.07, 6.45) is 4.65. The predicted octanol–water partition coefficient (Wildman–Crippen LogP) is 2.80. The van der Waals surface area contributed by atoms with Crippen molar-refractivity contribution in [1.29, 1.82) is 0 Å². The molecule has 3 rings (SSSR count). The fraction of sp³-hybridized carbons (Fsp3) is 0.333. The van der Waals surface area contributed by atoms with Crippen LogP contribution in [0.2, 0.25) is 5.02 Å². The lowest BCUT2D eigenvalue weighted by Crippen LogP contribution is -2.36. The molecule has 104 valence electrons. The fourth-order valence-electron chi connectivity index (χ4n) is 3.28. The van der Waals surface area contributed by atoms with Crippen LogP contribution in [0.1, 0.15) is 6.42 Å². The average Bonchev–Trinajstić information content (AvgIpc) is 3.01. The van der Waals surface area contributed by atoms with Crippen molar-refractivity contribution < 1.29 is 14.7 Å². The molecule has 2 aliphatic rings. The van der Waals surface area contributed by atoms with E-state index in [2.05, 4.69) is 5.32 Å². The van der Waals surface area contributed by atoms with Gasteiger partial charge in [0.05, 0.1) is 11.8 Å². The third kappa shape index (κ3) is 2.20. The van der Waals surface area contributed by atoms with Crippen LogP contribution in [0.5, 0.6) is 0 Å². The Bertz CT molecular complexity index is 581. The van der Waals surface area contributed by atoms with Gasteiger partial charge in [0.1, 0.15) is 0 Å². The third-order valence-electron chi connectivity index (χ3n) is 4.16. The van der Waals surface area contributed by atoms with E-state index >= 15 is 0 Å². The van der Waals surface area contributed by atoms with Crippen LogP contribution in [0.4, 0.5) is 5.69 Å². The van der Waals surface area contributed by atoms with E-state index in [1.54, 1.807) is 24.3 Å². The van der Waals surface area contributed by atoms with Crippen molar-refractivity contribution in [3.05, 3.63) is 41.4 Å². The molecule has 0 radical (unpaired) electrons. The number of fused-ring (bicyclic) bond motifs is 2. The molecule has 0 heterocycles. The van der Waals surface area contributed by atoms with Crippen LogP contribution in [0.3, 0.4) is 0 Å². The van der Waals surface area contributed by atoms with Gasteiger partial charge in [-0.05, 0) is 42.5 Å². The molecule has 1 saturated carbocycles. The molecule has 0 aromatic heterocycles. The van der Waals surface area contributed by atoms with E-state index < -0.39 is 17.8 Å². The molecule has 0 aliphatic heterocycles. The van der Waals surface area contributed by atoms with Crippen LogP contribution in [0.15, 0.2) is 36.4 Å². The molecule has 2 N–H and O–H groups in total. The van der Waals surface area contributed by atoms with Gasteiger partial charge < -0.3 is 10.4 Å². The Labute approximate surface area is 121 Å². The number of carbonyl (C=O) groups excluding carboxylic acids is 1. The summed E-state index contributed by atoms with van der Waals surface area (Å²) in [4.78, 5) is 23.7. The fourth-order valence-corrected chi connectivity index (χ4v) is 3.40. The average molecular weight is 292 g/mol. The summed E-state index contributed by atoms with van der Waals surface area (Å²) < 4.78 is 0. The predicted molar refractivity (Wildman–Crippen MR) is 75.4 cm³/mol. The van der Waals surface area contributed by atoms with Crippen molar-refractivity contribution in [2.75, 3.05) is 5.32 Å². The Balaban J connectivity index is 1.78. The van der Waals surface area contributed by atoms with Crippen LogP contribution in [-0.4, -0.2) is 17.0 Å². The topological polar surface area (TPSA) is 66.4 Å². The molecule has 1 amide bonds. The number of hydrogen-bond donors (Lipinski definition) is 2. The summed E-state index contributed by atoms with van der Waals surface area (Å²) in [5.74, 6) is -2.20. The quantitative estimate of drug-likeness (QED) is 0.842. The lowest BCUT2D eigenvalue weighted by molar-refractivity contribution is -0.146. The molecule has 20 heavy (non-hydrogen) atoms. The number of carboxylic acid groups (broad SMARTS) is 1. The molecule has 2 aliphatic carbocycles. The minimum atomic E-state index is -0.891. The molecule has 0 unspecified atom stereocenters. The zero-order valence-electron chi connectivity index (χ0n) is 10.6. The molecule has 4 atom stereocenters. The van der Waals surface area contributed by atoms with Gasteiger partial charge in [-0.25, -0.2) is 0 Å². The van der Waals surface area contributed by atoms with Crippen molar-refractivity contribution in [2.45, 2.75) is 6.42 Å². The zero-order valence-corrected chi connectivity index (χ0v) is 11.4. The number of carboxylic acids is 1. The van der Waals surface area contributed by atoms with Gasteiger partial charge in [0.25, 0.3) is 0 Å². The Morgan fingerprint density at radius 2 is 1.70 bits per heavy atom. The third-order valence-corrected chi connectivity index (χ3v) is 4.41. The van der Waals surface area contributed by atoms with Gasteiger partial charge in [-0.1, -0.05) is 23.8 Å². The monoisotopic (exact) mass is 291 g/mol. The van der Waals surface area contributed by atoms with Crippen LogP contribution in [-0.2, 0) is 9.59 Å². The van der Waals surface area contributed by atoms with Gasteiger partial charge in [0.15, 0.2) is 0 Å². The van der Waals surface area contributed by atoms with E-state index in [1.165, 1.54) is 0 Å².